The predicted molar refractivity (Wildman–Crippen MR) is 54.7 cm³/mol. The predicted octanol–water partition coefficient (Wildman–Crippen LogP) is 3.81. The van der Waals surface area contributed by atoms with Crippen LogP contribution in [-0.4, -0.2) is 12.0 Å². The van der Waals surface area contributed by atoms with Crippen molar-refractivity contribution in [1.29, 1.82) is 0 Å². The molecule has 3 heteroatoms. The standard InChI is InChI=1S/C12H16F2O/c13-12(14)8-6-11(7-9-12)15-10-4-2-1-3-5-10/h2,4-5,11H,1,3,6-9H2. The summed E-state index contributed by atoms with van der Waals surface area (Å²) >= 11 is 0. The number of hydrogen-bond donors (Lipinski definition) is 0. The van der Waals surface area contributed by atoms with Crippen molar-refractivity contribution in [1.82, 2.24) is 0 Å². The summed E-state index contributed by atoms with van der Waals surface area (Å²) in [6, 6.07) is 0. The lowest BCUT2D eigenvalue weighted by Crippen LogP contribution is -2.28. The zero-order valence-corrected chi connectivity index (χ0v) is 8.72. The monoisotopic (exact) mass is 214 g/mol. The van der Waals surface area contributed by atoms with Crippen LogP contribution >= 0.6 is 0 Å². The van der Waals surface area contributed by atoms with E-state index in [4.69, 9.17) is 4.74 Å². The molecule has 0 atom stereocenters. The van der Waals surface area contributed by atoms with Crippen molar-refractivity contribution < 1.29 is 13.5 Å². The molecule has 0 radical (unpaired) electrons. The summed E-state index contributed by atoms with van der Waals surface area (Å²) in [6.45, 7) is 0. The second kappa shape index (κ2) is 4.33. The van der Waals surface area contributed by atoms with Crippen LogP contribution in [0.2, 0.25) is 0 Å². The summed E-state index contributed by atoms with van der Waals surface area (Å²) in [5, 5.41) is 0. The minimum absolute atomic E-state index is 0.0152. The van der Waals surface area contributed by atoms with Gasteiger partial charge in [-0.2, -0.15) is 0 Å². The van der Waals surface area contributed by atoms with Crippen molar-refractivity contribution in [3.05, 3.63) is 24.0 Å². The van der Waals surface area contributed by atoms with Crippen LogP contribution in [0, 0.1) is 0 Å². The van der Waals surface area contributed by atoms with Crippen LogP contribution in [0.4, 0.5) is 8.78 Å². The third-order valence-electron chi connectivity index (χ3n) is 2.93. The molecule has 0 saturated heterocycles. The Morgan fingerprint density at radius 1 is 1.20 bits per heavy atom. The van der Waals surface area contributed by atoms with E-state index in [0.29, 0.717) is 12.8 Å². The molecule has 0 amide bonds. The number of rotatable bonds is 2. The average molecular weight is 214 g/mol. The smallest absolute Gasteiger partial charge is 0.248 e. The summed E-state index contributed by atoms with van der Waals surface area (Å²) in [5.41, 5.74) is 0. The highest BCUT2D eigenvalue weighted by atomic mass is 19.3. The van der Waals surface area contributed by atoms with Gasteiger partial charge in [0.2, 0.25) is 5.92 Å². The number of alkyl halides is 2. The maximum atomic E-state index is 12.9. The normalized spacial score (nSPS) is 26.1. The Balaban J connectivity index is 1.82. The fourth-order valence-corrected chi connectivity index (χ4v) is 2.00. The molecule has 0 aromatic heterocycles. The van der Waals surface area contributed by atoms with Gasteiger partial charge in [-0.15, -0.1) is 0 Å². The second-order valence-corrected chi connectivity index (χ2v) is 4.26. The molecule has 2 aliphatic rings. The van der Waals surface area contributed by atoms with Crippen LogP contribution < -0.4 is 0 Å². The molecule has 15 heavy (non-hydrogen) atoms. The van der Waals surface area contributed by atoms with E-state index in [1.165, 1.54) is 0 Å². The van der Waals surface area contributed by atoms with Crippen molar-refractivity contribution in [2.45, 2.75) is 50.6 Å². The molecule has 1 nitrogen and oxygen atoms in total. The lowest BCUT2D eigenvalue weighted by atomic mass is 9.94. The van der Waals surface area contributed by atoms with Crippen molar-refractivity contribution in [2.75, 3.05) is 0 Å². The van der Waals surface area contributed by atoms with Crippen LogP contribution in [0.25, 0.3) is 0 Å². The topological polar surface area (TPSA) is 9.23 Å². The van der Waals surface area contributed by atoms with Crippen molar-refractivity contribution in [3.63, 3.8) is 0 Å². The Kier molecular flexibility index (Phi) is 3.08. The molecule has 0 aromatic rings. The first-order valence-electron chi connectivity index (χ1n) is 5.57. The maximum absolute atomic E-state index is 12.9. The highest BCUT2D eigenvalue weighted by Gasteiger charge is 2.35. The fourth-order valence-electron chi connectivity index (χ4n) is 2.00. The van der Waals surface area contributed by atoms with E-state index in [2.05, 4.69) is 6.08 Å². The summed E-state index contributed by atoms with van der Waals surface area (Å²) in [7, 11) is 0. The zero-order valence-electron chi connectivity index (χ0n) is 8.72. The minimum atomic E-state index is -2.46. The minimum Gasteiger partial charge on any atom is -0.491 e. The third-order valence-corrected chi connectivity index (χ3v) is 2.93. The number of allylic oxidation sites excluding steroid dienone is 3. The molecule has 2 aliphatic carbocycles. The van der Waals surface area contributed by atoms with E-state index in [-0.39, 0.29) is 18.9 Å². The molecule has 0 bridgehead atoms. The molecule has 0 N–H and O–H groups in total. The Morgan fingerprint density at radius 3 is 2.53 bits per heavy atom. The van der Waals surface area contributed by atoms with Gasteiger partial charge >= 0.3 is 0 Å². The van der Waals surface area contributed by atoms with Crippen molar-refractivity contribution in [3.8, 4) is 0 Å². The molecule has 1 saturated carbocycles. The molecule has 0 spiro atoms. The van der Waals surface area contributed by atoms with Crippen molar-refractivity contribution >= 4 is 0 Å². The Bertz CT molecular complexity index is 271. The van der Waals surface area contributed by atoms with E-state index in [9.17, 15) is 8.78 Å². The molecule has 0 aliphatic heterocycles. The largest absolute Gasteiger partial charge is 0.491 e. The number of ether oxygens (including phenoxy) is 1. The van der Waals surface area contributed by atoms with Crippen LogP contribution in [0.1, 0.15) is 38.5 Å². The highest BCUT2D eigenvalue weighted by molar-refractivity contribution is 5.16. The first-order valence-corrected chi connectivity index (χ1v) is 5.57. The first-order chi connectivity index (χ1) is 7.16. The van der Waals surface area contributed by atoms with E-state index >= 15 is 0 Å². The van der Waals surface area contributed by atoms with Gasteiger partial charge in [0, 0.05) is 12.8 Å². The van der Waals surface area contributed by atoms with Crippen molar-refractivity contribution in [2.24, 2.45) is 0 Å². The molecule has 0 unspecified atom stereocenters. The summed E-state index contributed by atoms with van der Waals surface area (Å²) < 4.78 is 31.4. The first kappa shape index (κ1) is 10.7. The highest BCUT2D eigenvalue weighted by Crippen LogP contribution is 2.35. The summed E-state index contributed by atoms with van der Waals surface area (Å²) in [4.78, 5) is 0. The van der Waals surface area contributed by atoms with Gasteiger partial charge < -0.3 is 4.74 Å². The lowest BCUT2D eigenvalue weighted by molar-refractivity contribution is -0.0679. The van der Waals surface area contributed by atoms with Gasteiger partial charge in [0.05, 0.1) is 6.10 Å². The number of halogens is 2. The van der Waals surface area contributed by atoms with Gasteiger partial charge in [0.1, 0.15) is 5.76 Å². The molecule has 2 rings (SSSR count). The van der Waals surface area contributed by atoms with E-state index < -0.39 is 5.92 Å². The van der Waals surface area contributed by atoms with Gasteiger partial charge in [-0.25, -0.2) is 8.78 Å². The Morgan fingerprint density at radius 2 is 1.93 bits per heavy atom. The molecule has 0 heterocycles. The Hall–Kier alpha value is -0.860. The SMILES string of the molecule is FC1(F)CCC(OC2=CCCC=C2)CC1. The van der Waals surface area contributed by atoms with Gasteiger partial charge in [-0.1, -0.05) is 6.08 Å². The summed E-state index contributed by atoms with van der Waals surface area (Å²) in [5.74, 6) is -1.60. The molecule has 84 valence electrons. The quantitative estimate of drug-likeness (QED) is 0.679. The van der Waals surface area contributed by atoms with Gasteiger partial charge in [-0.3, -0.25) is 0 Å². The van der Waals surface area contributed by atoms with Crippen LogP contribution in [0.15, 0.2) is 24.0 Å². The lowest BCUT2D eigenvalue weighted by Gasteiger charge is -2.29. The molecular weight excluding hydrogens is 198 g/mol. The molecule has 0 aromatic carbocycles. The maximum Gasteiger partial charge on any atom is 0.248 e. The Labute approximate surface area is 88.8 Å². The van der Waals surface area contributed by atoms with E-state index in [1.54, 1.807) is 0 Å². The zero-order chi connectivity index (χ0) is 10.7. The van der Waals surface area contributed by atoms with Crippen LogP contribution in [-0.2, 0) is 4.74 Å². The van der Waals surface area contributed by atoms with E-state index in [1.807, 2.05) is 12.2 Å². The number of hydrogen-bond acceptors (Lipinski definition) is 1. The average Bonchev–Trinajstić information content (AvgIpc) is 2.23. The third kappa shape index (κ3) is 3.05. The second-order valence-electron chi connectivity index (χ2n) is 4.26. The van der Waals surface area contributed by atoms with Crippen LogP contribution in [0.3, 0.4) is 0 Å². The fraction of sp³-hybridized carbons (Fsp3) is 0.667. The van der Waals surface area contributed by atoms with Crippen LogP contribution in [0.5, 0.6) is 0 Å². The van der Waals surface area contributed by atoms with Gasteiger partial charge in [0.25, 0.3) is 0 Å². The summed E-state index contributed by atoms with van der Waals surface area (Å²) in [6.07, 6.45) is 8.94. The molecule has 1 fully saturated rings. The van der Waals surface area contributed by atoms with Gasteiger partial charge in [-0.05, 0) is 37.8 Å². The van der Waals surface area contributed by atoms with Gasteiger partial charge in [0.15, 0.2) is 0 Å². The molecular formula is C12H16F2O. The van der Waals surface area contributed by atoms with E-state index in [0.717, 1.165) is 18.6 Å².